The summed E-state index contributed by atoms with van der Waals surface area (Å²) in [7, 11) is 0. The number of morpholine rings is 1. The Morgan fingerprint density at radius 1 is 1.15 bits per heavy atom. The fourth-order valence-corrected chi connectivity index (χ4v) is 4.02. The van der Waals surface area contributed by atoms with Gasteiger partial charge < -0.3 is 25.2 Å². The van der Waals surface area contributed by atoms with Gasteiger partial charge >= 0.3 is 0 Å². The maximum atomic E-state index is 5.49. The molecule has 1 aromatic heterocycles. The van der Waals surface area contributed by atoms with Crippen molar-refractivity contribution in [1.29, 1.82) is 0 Å². The van der Waals surface area contributed by atoms with Crippen LogP contribution in [0.25, 0.3) is 0 Å². The Labute approximate surface area is 167 Å². The van der Waals surface area contributed by atoms with Crippen molar-refractivity contribution in [2.45, 2.75) is 33.6 Å². The van der Waals surface area contributed by atoms with E-state index in [1.807, 2.05) is 0 Å². The topological polar surface area (TPSA) is 65.6 Å². The molecule has 8 heteroatoms. The first-order valence-corrected chi connectivity index (χ1v) is 10.5. The Balaban J connectivity index is 1.84. The molecule has 0 radical (unpaired) electrons. The number of anilines is 3. The average Bonchev–Trinajstić information content (AvgIpc) is 2.66. The largest absolute Gasteiger partial charge is 0.378 e. The van der Waals surface area contributed by atoms with Crippen LogP contribution in [0, 0.1) is 11.8 Å². The molecule has 2 saturated heterocycles. The molecule has 150 valence electrons. The van der Waals surface area contributed by atoms with Gasteiger partial charge in [0.1, 0.15) is 11.6 Å². The molecule has 2 aliphatic rings. The smallest absolute Gasteiger partial charge is 0.232 e. The van der Waals surface area contributed by atoms with Crippen LogP contribution in [-0.2, 0) is 4.74 Å². The molecule has 0 unspecified atom stereocenters. The van der Waals surface area contributed by atoms with E-state index in [4.69, 9.17) is 26.9 Å². The number of hydrogen-bond acceptors (Lipinski definition) is 6. The van der Waals surface area contributed by atoms with Gasteiger partial charge in [-0.15, -0.1) is 0 Å². The number of ether oxygens (including phenoxy) is 1. The highest BCUT2D eigenvalue weighted by atomic mass is 32.1. The lowest BCUT2D eigenvalue weighted by atomic mass is 9.92. The normalized spacial score (nSPS) is 23.2. The van der Waals surface area contributed by atoms with Gasteiger partial charge in [0, 0.05) is 38.8 Å². The lowest BCUT2D eigenvalue weighted by molar-refractivity contribution is 0.122. The first-order chi connectivity index (χ1) is 13.0. The van der Waals surface area contributed by atoms with Crippen LogP contribution in [0.4, 0.5) is 17.6 Å². The summed E-state index contributed by atoms with van der Waals surface area (Å²) in [5.41, 5.74) is 0. The number of piperidine rings is 1. The number of aromatic nitrogens is 2. The molecule has 27 heavy (non-hydrogen) atoms. The summed E-state index contributed by atoms with van der Waals surface area (Å²) < 4.78 is 5.49. The first-order valence-electron chi connectivity index (χ1n) is 10.1. The van der Waals surface area contributed by atoms with Crippen LogP contribution < -0.4 is 20.4 Å². The molecule has 2 fully saturated rings. The van der Waals surface area contributed by atoms with E-state index in [2.05, 4.69) is 47.3 Å². The molecule has 2 N–H and O–H groups in total. The molecule has 3 heterocycles. The zero-order valence-electron chi connectivity index (χ0n) is 16.7. The third-order valence-electron chi connectivity index (χ3n) is 4.99. The predicted molar refractivity (Wildman–Crippen MR) is 115 cm³/mol. The average molecular weight is 393 g/mol. The van der Waals surface area contributed by atoms with E-state index in [1.54, 1.807) is 0 Å². The Kier molecular flexibility index (Phi) is 7.07. The van der Waals surface area contributed by atoms with Gasteiger partial charge in [0.25, 0.3) is 0 Å². The van der Waals surface area contributed by atoms with Crippen molar-refractivity contribution < 1.29 is 4.74 Å². The minimum absolute atomic E-state index is 0.563. The highest BCUT2D eigenvalue weighted by molar-refractivity contribution is 7.80. The van der Waals surface area contributed by atoms with Gasteiger partial charge in [0.05, 0.1) is 13.2 Å². The van der Waals surface area contributed by atoms with Gasteiger partial charge in [-0.25, -0.2) is 0 Å². The second-order valence-electron chi connectivity index (χ2n) is 7.74. The SMILES string of the molecule is CCCNC(=S)Nc1nc(N2CCOCC2)cc(N2C[C@@H](C)C[C@H](C)C2)n1. The number of thiocarbonyl (C=S) groups is 1. The van der Waals surface area contributed by atoms with Gasteiger partial charge in [0.15, 0.2) is 5.11 Å². The molecule has 2 atom stereocenters. The molecule has 2 aliphatic heterocycles. The summed E-state index contributed by atoms with van der Waals surface area (Å²) in [5, 5.41) is 6.93. The van der Waals surface area contributed by atoms with Crippen LogP contribution >= 0.6 is 12.2 Å². The maximum Gasteiger partial charge on any atom is 0.232 e. The molecular weight excluding hydrogens is 360 g/mol. The Morgan fingerprint density at radius 2 is 1.78 bits per heavy atom. The number of nitrogens with zero attached hydrogens (tertiary/aromatic N) is 4. The highest BCUT2D eigenvalue weighted by Crippen LogP contribution is 2.28. The zero-order valence-corrected chi connectivity index (χ0v) is 17.5. The van der Waals surface area contributed by atoms with Gasteiger partial charge in [-0.05, 0) is 36.9 Å². The molecule has 0 spiro atoms. The van der Waals surface area contributed by atoms with Gasteiger partial charge in [0.2, 0.25) is 5.95 Å². The van der Waals surface area contributed by atoms with Gasteiger partial charge in [-0.3, -0.25) is 0 Å². The van der Waals surface area contributed by atoms with Crippen LogP contribution in [0.3, 0.4) is 0 Å². The second-order valence-corrected chi connectivity index (χ2v) is 8.15. The van der Waals surface area contributed by atoms with Crippen molar-refractivity contribution in [3.63, 3.8) is 0 Å². The van der Waals surface area contributed by atoms with Crippen molar-refractivity contribution in [3.8, 4) is 0 Å². The van der Waals surface area contributed by atoms with E-state index in [0.29, 0.717) is 22.9 Å². The Bertz CT molecular complexity index is 627. The molecular formula is C19H32N6OS. The van der Waals surface area contributed by atoms with E-state index < -0.39 is 0 Å². The third kappa shape index (κ3) is 5.65. The minimum atomic E-state index is 0.563. The van der Waals surface area contributed by atoms with Crippen molar-refractivity contribution in [3.05, 3.63) is 6.07 Å². The van der Waals surface area contributed by atoms with Crippen molar-refractivity contribution in [1.82, 2.24) is 15.3 Å². The number of hydrogen-bond donors (Lipinski definition) is 2. The Hall–Kier alpha value is -1.67. The highest BCUT2D eigenvalue weighted by Gasteiger charge is 2.25. The quantitative estimate of drug-likeness (QED) is 0.741. The second kappa shape index (κ2) is 9.50. The van der Waals surface area contributed by atoms with E-state index in [-0.39, 0.29) is 0 Å². The van der Waals surface area contributed by atoms with E-state index in [0.717, 1.165) is 64.0 Å². The lowest BCUT2D eigenvalue weighted by Gasteiger charge is -2.36. The lowest BCUT2D eigenvalue weighted by Crippen LogP contribution is -2.40. The Morgan fingerprint density at radius 3 is 2.41 bits per heavy atom. The molecule has 0 amide bonds. The summed E-state index contributed by atoms with van der Waals surface area (Å²) >= 11 is 5.39. The summed E-state index contributed by atoms with van der Waals surface area (Å²) in [6.07, 6.45) is 2.29. The summed E-state index contributed by atoms with van der Waals surface area (Å²) in [6, 6.07) is 2.11. The fraction of sp³-hybridized carbons (Fsp3) is 0.737. The molecule has 0 aromatic carbocycles. The molecule has 3 rings (SSSR count). The molecule has 7 nitrogen and oxygen atoms in total. The standard InChI is InChI=1S/C19H32N6OS/c1-4-5-20-19(27)23-18-21-16(24-6-8-26-9-7-24)11-17(22-18)25-12-14(2)10-15(3)13-25/h11,14-15H,4-10,12-13H2,1-3H3,(H2,20,21,22,23,27)/t14-,15-/m0/s1. The van der Waals surface area contributed by atoms with Crippen molar-refractivity contribution >= 4 is 34.9 Å². The molecule has 0 saturated carbocycles. The monoisotopic (exact) mass is 392 g/mol. The van der Waals surface area contributed by atoms with Crippen LogP contribution in [0.1, 0.15) is 33.6 Å². The van der Waals surface area contributed by atoms with E-state index in [9.17, 15) is 0 Å². The third-order valence-corrected chi connectivity index (χ3v) is 5.23. The summed E-state index contributed by atoms with van der Waals surface area (Å²) in [4.78, 5) is 14.2. The molecule has 1 aromatic rings. The number of nitrogens with one attached hydrogen (secondary N) is 2. The maximum absolute atomic E-state index is 5.49. The molecule has 0 bridgehead atoms. The first kappa shape index (κ1) is 20.1. The van der Waals surface area contributed by atoms with Gasteiger partial charge in [-0.2, -0.15) is 9.97 Å². The fourth-order valence-electron chi connectivity index (χ4n) is 3.83. The predicted octanol–water partition coefficient (Wildman–Crippen LogP) is 2.49. The van der Waals surface area contributed by atoms with E-state index >= 15 is 0 Å². The van der Waals surface area contributed by atoms with Crippen molar-refractivity contribution in [2.24, 2.45) is 11.8 Å². The van der Waals surface area contributed by atoms with Crippen LogP contribution in [0.5, 0.6) is 0 Å². The van der Waals surface area contributed by atoms with Crippen LogP contribution in [0.15, 0.2) is 6.07 Å². The van der Waals surface area contributed by atoms with Crippen molar-refractivity contribution in [2.75, 3.05) is 61.1 Å². The minimum Gasteiger partial charge on any atom is -0.378 e. The number of rotatable bonds is 5. The van der Waals surface area contributed by atoms with Crippen LogP contribution in [0.2, 0.25) is 0 Å². The zero-order chi connectivity index (χ0) is 19.2. The van der Waals surface area contributed by atoms with Crippen LogP contribution in [-0.4, -0.2) is 61.0 Å². The molecule has 0 aliphatic carbocycles. The summed E-state index contributed by atoms with van der Waals surface area (Å²) in [5.74, 6) is 3.81. The van der Waals surface area contributed by atoms with E-state index in [1.165, 1.54) is 6.42 Å². The van der Waals surface area contributed by atoms with Gasteiger partial charge in [-0.1, -0.05) is 20.8 Å². The summed E-state index contributed by atoms with van der Waals surface area (Å²) in [6.45, 7) is 12.8.